The fourth-order valence-electron chi connectivity index (χ4n) is 3.84. The van der Waals surface area contributed by atoms with E-state index in [4.69, 9.17) is 5.21 Å². The minimum absolute atomic E-state index is 0.233. The summed E-state index contributed by atoms with van der Waals surface area (Å²) in [5.74, 6) is -0.189. The molecule has 1 aromatic rings. The number of hydrogen-bond donors (Lipinski definition) is 2. The van der Waals surface area contributed by atoms with Crippen molar-refractivity contribution in [3.8, 4) is 0 Å². The van der Waals surface area contributed by atoms with E-state index in [1.807, 2.05) is 17.0 Å². The monoisotopic (exact) mass is 302 g/mol. The SMILES string of the molecule is CCCN1CCC2(CCc3cc(C(=O)NO)ccc3C2)C1=O. The first-order valence-electron chi connectivity index (χ1n) is 7.95. The molecule has 22 heavy (non-hydrogen) atoms. The second-order valence-corrected chi connectivity index (χ2v) is 6.42. The van der Waals surface area contributed by atoms with Crippen LogP contribution in [0.25, 0.3) is 0 Å². The third-order valence-electron chi connectivity index (χ3n) is 5.07. The van der Waals surface area contributed by atoms with E-state index in [1.165, 1.54) is 0 Å². The molecule has 0 bridgehead atoms. The summed E-state index contributed by atoms with van der Waals surface area (Å²) in [4.78, 5) is 26.2. The van der Waals surface area contributed by atoms with Crippen molar-refractivity contribution in [3.05, 3.63) is 34.9 Å². The molecule has 118 valence electrons. The van der Waals surface area contributed by atoms with Gasteiger partial charge in [0.1, 0.15) is 0 Å². The topological polar surface area (TPSA) is 69.6 Å². The summed E-state index contributed by atoms with van der Waals surface area (Å²) in [6.45, 7) is 3.82. The van der Waals surface area contributed by atoms with Crippen LogP contribution < -0.4 is 5.48 Å². The Morgan fingerprint density at radius 1 is 1.36 bits per heavy atom. The van der Waals surface area contributed by atoms with Crippen molar-refractivity contribution in [2.24, 2.45) is 5.41 Å². The van der Waals surface area contributed by atoms with Crippen molar-refractivity contribution < 1.29 is 14.8 Å². The molecular weight excluding hydrogens is 280 g/mol. The molecule has 1 aliphatic carbocycles. The molecule has 2 amide bonds. The Morgan fingerprint density at radius 3 is 2.91 bits per heavy atom. The zero-order valence-corrected chi connectivity index (χ0v) is 12.9. The van der Waals surface area contributed by atoms with Crippen molar-refractivity contribution >= 4 is 11.8 Å². The van der Waals surface area contributed by atoms with Gasteiger partial charge in [0.05, 0.1) is 5.41 Å². The molecule has 5 nitrogen and oxygen atoms in total. The van der Waals surface area contributed by atoms with Crippen LogP contribution in [0.1, 0.15) is 47.7 Å². The fraction of sp³-hybridized carbons (Fsp3) is 0.529. The van der Waals surface area contributed by atoms with Crippen LogP contribution in [0.2, 0.25) is 0 Å². The summed E-state index contributed by atoms with van der Waals surface area (Å²) in [6.07, 6.45) is 4.36. The maximum atomic E-state index is 12.7. The lowest BCUT2D eigenvalue weighted by Crippen LogP contribution is -2.39. The van der Waals surface area contributed by atoms with Crippen molar-refractivity contribution in [3.63, 3.8) is 0 Å². The van der Waals surface area contributed by atoms with E-state index in [2.05, 4.69) is 6.92 Å². The van der Waals surface area contributed by atoms with E-state index < -0.39 is 5.91 Å². The van der Waals surface area contributed by atoms with Crippen LogP contribution >= 0.6 is 0 Å². The third-order valence-corrected chi connectivity index (χ3v) is 5.07. The van der Waals surface area contributed by atoms with E-state index >= 15 is 0 Å². The number of carbonyl (C=O) groups excluding carboxylic acids is 2. The molecule has 2 aliphatic rings. The van der Waals surface area contributed by atoms with Gasteiger partial charge < -0.3 is 4.90 Å². The van der Waals surface area contributed by atoms with Gasteiger partial charge in [-0.3, -0.25) is 14.8 Å². The molecule has 1 spiro atoms. The van der Waals surface area contributed by atoms with Crippen LogP contribution in [0.3, 0.4) is 0 Å². The summed E-state index contributed by atoms with van der Waals surface area (Å²) in [5.41, 5.74) is 4.17. The van der Waals surface area contributed by atoms with Crippen molar-refractivity contribution in [2.75, 3.05) is 13.1 Å². The number of carbonyl (C=O) groups is 2. The highest BCUT2D eigenvalue weighted by Crippen LogP contribution is 2.43. The van der Waals surface area contributed by atoms with E-state index in [1.54, 1.807) is 11.5 Å². The van der Waals surface area contributed by atoms with Crippen LogP contribution in [0, 0.1) is 5.41 Å². The van der Waals surface area contributed by atoms with Crippen LogP contribution in [0.4, 0.5) is 0 Å². The van der Waals surface area contributed by atoms with Crippen molar-refractivity contribution in [1.29, 1.82) is 0 Å². The molecule has 3 rings (SSSR count). The number of hydroxylamine groups is 1. The Balaban J connectivity index is 1.83. The van der Waals surface area contributed by atoms with E-state index in [0.29, 0.717) is 11.5 Å². The number of amides is 2. The summed E-state index contributed by atoms with van der Waals surface area (Å²) in [5, 5.41) is 8.72. The molecule has 1 aliphatic heterocycles. The average Bonchev–Trinajstić information content (AvgIpc) is 2.83. The van der Waals surface area contributed by atoms with Gasteiger partial charge in [-0.05, 0) is 55.4 Å². The zero-order chi connectivity index (χ0) is 15.7. The Hall–Kier alpha value is -1.88. The normalized spacial score (nSPS) is 23.7. The van der Waals surface area contributed by atoms with E-state index in [0.717, 1.165) is 56.3 Å². The Labute approximate surface area is 130 Å². The van der Waals surface area contributed by atoms with Crippen LogP contribution in [-0.4, -0.2) is 35.0 Å². The van der Waals surface area contributed by atoms with Crippen LogP contribution in [-0.2, 0) is 17.6 Å². The first-order valence-corrected chi connectivity index (χ1v) is 7.95. The van der Waals surface area contributed by atoms with Gasteiger partial charge in [0.25, 0.3) is 5.91 Å². The molecule has 5 heteroatoms. The molecular formula is C17H22N2O3. The van der Waals surface area contributed by atoms with Crippen molar-refractivity contribution in [1.82, 2.24) is 10.4 Å². The lowest BCUT2D eigenvalue weighted by molar-refractivity contribution is -0.136. The van der Waals surface area contributed by atoms with Gasteiger partial charge in [0.15, 0.2) is 0 Å². The predicted molar refractivity (Wildman–Crippen MR) is 81.6 cm³/mol. The van der Waals surface area contributed by atoms with Gasteiger partial charge >= 0.3 is 0 Å². The second-order valence-electron chi connectivity index (χ2n) is 6.42. The van der Waals surface area contributed by atoms with Gasteiger partial charge in [0.2, 0.25) is 5.91 Å². The standard InChI is InChI=1S/C17H22N2O3/c1-2-8-19-9-7-17(16(19)21)6-5-12-10-13(15(20)18-22)3-4-14(12)11-17/h3-4,10,22H,2,5-9,11H2,1H3,(H,18,20). The minimum Gasteiger partial charge on any atom is -0.342 e. The highest BCUT2D eigenvalue weighted by atomic mass is 16.5. The largest absolute Gasteiger partial charge is 0.342 e. The van der Waals surface area contributed by atoms with Gasteiger partial charge in [-0.2, -0.15) is 0 Å². The quantitative estimate of drug-likeness (QED) is 0.662. The van der Waals surface area contributed by atoms with Gasteiger partial charge in [-0.25, -0.2) is 5.48 Å². The number of rotatable bonds is 3. The maximum Gasteiger partial charge on any atom is 0.274 e. The molecule has 2 N–H and O–H groups in total. The first-order chi connectivity index (χ1) is 10.6. The first kappa shape index (κ1) is 15.0. The highest BCUT2D eigenvalue weighted by molar-refractivity contribution is 5.93. The molecule has 0 radical (unpaired) electrons. The number of hydrogen-bond acceptors (Lipinski definition) is 3. The number of nitrogens with one attached hydrogen (secondary N) is 1. The molecule has 1 heterocycles. The lowest BCUT2D eigenvalue weighted by atomic mass is 9.70. The molecule has 1 saturated heterocycles. The summed E-state index contributed by atoms with van der Waals surface area (Å²) in [7, 11) is 0. The van der Waals surface area contributed by atoms with Crippen LogP contribution in [0.5, 0.6) is 0 Å². The summed E-state index contributed by atoms with van der Waals surface area (Å²) in [6, 6.07) is 5.47. The van der Waals surface area contributed by atoms with Crippen molar-refractivity contribution in [2.45, 2.75) is 39.0 Å². The number of likely N-dealkylation sites (tertiary alicyclic amines) is 1. The van der Waals surface area contributed by atoms with E-state index in [-0.39, 0.29) is 5.41 Å². The number of fused-ring (bicyclic) bond motifs is 1. The average molecular weight is 302 g/mol. The Bertz CT molecular complexity index is 614. The number of aryl methyl sites for hydroxylation is 1. The molecule has 0 saturated carbocycles. The minimum atomic E-state index is -0.492. The van der Waals surface area contributed by atoms with Gasteiger partial charge in [-0.1, -0.05) is 13.0 Å². The Morgan fingerprint density at radius 2 is 2.18 bits per heavy atom. The fourth-order valence-corrected chi connectivity index (χ4v) is 3.84. The predicted octanol–water partition coefficient (Wildman–Crippen LogP) is 1.92. The smallest absolute Gasteiger partial charge is 0.274 e. The molecule has 1 atom stereocenters. The zero-order valence-electron chi connectivity index (χ0n) is 12.9. The molecule has 1 aromatic carbocycles. The number of benzene rings is 1. The Kier molecular flexibility index (Phi) is 3.91. The van der Waals surface area contributed by atoms with Gasteiger partial charge in [-0.15, -0.1) is 0 Å². The van der Waals surface area contributed by atoms with E-state index in [9.17, 15) is 9.59 Å². The number of nitrogens with zero attached hydrogens (tertiary/aromatic N) is 1. The highest BCUT2D eigenvalue weighted by Gasteiger charge is 2.47. The maximum absolute atomic E-state index is 12.7. The van der Waals surface area contributed by atoms with Crippen LogP contribution in [0.15, 0.2) is 18.2 Å². The van der Waals surface area contributed by atoms with Gasteiger partial charge in [0, 0.05) is 18.7 Å². The summed E-state index contributed by atoms with van der Waals surface area (Å²) >= 11 is 0. The second kappa shape index (κ2) is 5.72. The molecule has 1 unspecified atom stereocenters. The molecule has 0 aromatic heterocycles. The summed E-state index contributed by atoms with van der Waals surface area (Å²) < 4.78 is 0. The lowest BCUT2D eigenvalue weighted by Gasteiger charge is -2.33. The third kappa shape index (κ3) is 2.39. The molecule has 1 fully saturated rings.